The summed E-state index contributed by atoms with van der Waals surface area (Å²) in [6.45, 7) is 9.51. The van der Waals surface area contributed by atoms with Crippen LogP contribution in [0.1, 0.15) is 49.6 Å². The van der Waals surface area contributed by atoms with Crippen LogP contribution in [0, 0.1) is 19.7 Å². The van der Waals surface area contributed by atoms with Crippen LogP contribution in [0.5, 0.6) is 5.75 Å². The number of halogens is 1. The monoisotopic (exact) mass is 645 g/mol. The lowest BCUT2D eigenvalue weighted by Crippen LogP contribution is -2.13. The van der Waals surface area contributed by atoms with E-state index < -0.39 is 17.4 Å². The molecule has 1 aliphatic rings. The van der Waals surface area contributed by atoms with E-state index >= 15 is 4.39 Å². The number of hydrogen-bond acceptors (Lipinski definition) is 5. The van der Waals surface area contributed by atoms with Crippen LogP contribution >= 0.6 is 0 Å². The first-order valence-corrected chi connectivity index (χ1v) is 16.1. The van der Waals surface area contributed by atoms with Crippen molar-refractivity contribution in [3.8, 4) is 39.4 Å². The number of ether oxygens (including phenoxy) is 1. The van der Waals surface area contributed by atoms with E-state index in [1.165, 1.54) is 11.5 Å². The summed E-state index contributed by atoms with van der Waals surface area (Å²) >= 11 is 0. The zero-order chi connectivity index (χ0) is 34.3. The zero-order valence-electron chi connectivity index (χ0n) is 28.2. The Balaban J connectivity index is 0.000000749. The lowest BCUT2D eigenvalue weighted by Gasteiger charge is -2.23. The van der Waals surface area contributed by atoms with E-state index in [4.69, 9.17) is 14.8 Å². The van der Waals surface area contributed by atoms with Gasteiger partial charge < -0.3 is 19.5 Å². The number of carboxylic acid groups (broad SMARTS) is 1. The molecular formula is C40H40FN3O4. The average molecular weight is 646 g/mol. The standard InChI is InChI=1S/C36H30FN3O3.C4H10O/c1-20-26-9-6-14-43-35(26)30(37)17-27(20)34-28(19-33(41)42)21(2)39-36-29(34)18-32(40(36)3)25-12-13-38-31(16-25)24-11-10-22-7-4-5-8-23(22)15-24;1-4(2,3)5/h4-5,7-8,10-13,15-18H,6,9,14,19H2,1-3H3,(H,41,42);5H,1-3H3. The molecule has 0 saturated carbocycles. The molecule has 0 saturated heterocycles. The van der Waals surface area contributed by atoms with E-state index in [0.717, 1.165) is 50.8 Å². The maximum atomic E-state index is 15.5. The van der Waals surface area contributed by atoms with Gasteiger partial charge in [0.2, 0.25) is 0 Å². The molecule has 0 bridgehead atoms. The van der Waals surface area contributed by atoms with Gasteiger partial charge in [-0.3, -0.25) is 9.78 Å². The highest BCUT2D eigenvalue weighted by Gasteiger charge is 2.26. The Kier molecular flexibility index (Phi) is 8.79. The van der Waals surface area contributed by atoms with Gasteiger partial charge in [-0.25, -0.2) is 9.37 Å². The van der Waals surface area contributed by atoms with Crippen LogP contribution in [0.4, 0.5) is 4.39 Å². The van der Waals surface area contributed by atoms with Crippen LogP contribution in [0.3, 0.4) is 0 Å². The van der Waals surface area contributed by atoms with E-state index in [2.05, 4.69) is 41.4 Å². The quantitative estimate of drug-likeness (QED) is 0.195. The van der Waals surface area contributed by atoms with Crippen molar-refractivity contribution < 1.29 is 24.1 Å². The fraction of sp³-hybridized carbons (Fsp3) is 0.275. The number of rotatable bonds is 5. The van der Waals surface area contributed by atoms with E-state index in [0.29, 0.717) is 46.8 Å². The molecular weight excluding hydrogens is 605 g/mol. The van der Waals surface area contributed by atoms with Gasteiger partial charge >= 0.3 is 5.97 Å². The molecule has 0 unspecified atom stereocenters. The van der Waals surface area contributed by atoms with Crippen LogP contribution in [-0.2, 0) is 24.7 Å². The maximum Gasteiger partial charge on any atom is 0.307 e. The Bertz CT molecular complexity index is 2190. The van der Waals surface area contributed by atoms with Crippen LogP contribution in [0.15, 0.2) is 72.9 Å². The average Bonchev–Trinajstić information content (AvgIpc) is 3.37. The number of aryl methyl sites for hydroxylation is 2. The topological polar surface area (TPSA) is 97.5 Å². The predicted octanol–water partition coefficient (Wildman–Crippen LogP) is 8.61. The van der Waals surface area contributed by atoms with E-state index in [1.54, 1.807) is 27.0 Å². The third-order valence-electron chi connectivity index (χ3n) is 8.62. The van der Waals surface area contributed by atoms with Gasteiger partial charge in [0.05, 0.1) is 30.0 Å². The molecule has 246 valence electrons. The number of aromatic nitrogens is 3. The van der Waals surface area contributed by atoms with Crippen molar-refractivity contribution in [2.24, 2.45) is 7.05 Å². The number of fused-ring (bicyclic) bond motifs is 3. The second kappa shape index (κ2) is 12.8. The first-order chi connectivity index (χ1) is 22.8. The second-order valence-electron chi connectivity index (χ2n) is 13.4. The molecule has 7 nitrogen and oxygen atoms in total. The smallest absolute Gasteiger partial charge is 0.307 e. The summed E-state index contributed by atoms with van der Waals surface area (Å²) in [4.78, 5) is 21.6. The highest BCUT2D eigenvalue weighted by molar-refractivity contribution is 6.01. The molecule has 0 fully saturated rings. The largest absolute Gasteiger partial charge is 0.490 e. The van der Waals surface area contributed by atoms with Crippen molar-refractivity contribution in [2.75, 3.05) is 6.61 Å². The normalized spacial score (nSPS) is 12.8. The Labute approximate surface area is 279 Å². The third kappa shape index (κ3) is 6.53. The summed E-state index contributed by atoms with van der Waals surface area (Å²) in [7, 11) is 1.95. The number of pyridine rings is 2. The molecule has 0 spiro atoms. The summed E-state index contributed by atoms with van der Waals surface area (Å²) in [6.07, 6.45) is 3.10. The molecule has 6 aromatic rings. The zero-order valence-corrected chi connectivity index (χ0v) is 28.2. The number of aliphatic hydroxyl groups is 1. The van der Waals surface area contributed by atoms with Crippen molar-refractivity contribution in [2.45, 2.75) is 59.5 Å². The molecule has 7 rings (SSSR count). The predicted molar refractivity (Wildman–Crippen MR) is 189 cm³/mol. The van der Waals surface area contributed by atoms with Gasteiger partial charge in [-0.05, 0) is 111 Å². The Hall–Kier alpha value is -5.08. The lowest BCUT2D eigenvalue weighted by molar-refractivity contribution is -0.136. The number of carboxylic acids is 1. The summed E-state index contributed by atoms with van der Waals surface area (Å²) in [6, 6.07) is 22.1. The van der Waals surface area contributed by atoms with Crippen LogP contribution < -0.4 is 4.74 Å². The number of hydrogen-bond donors (Lipinski definition) is 2. The van der Waals surface area contributed by atoms with Crippen molar-refractivity contribution in [3.63, 3.8) is 0 Å². The molecule has 0 aliphatic carbocycles. The minimum Gasteiger partial charge on any atom is -0.490 e. The minimum atomic E-state index is -0.963. The van der Waals surface area contributed by atoms with Crippen molar-refractivity contribution in [3.05, 3.63) is 101 Å². The van der Waals surface area contributed by atoms with Crippen LogP contribution in [0.2, 0.25) is 0 Å². The molecule has 0 amide bonds. The summed E-state index contributed by atoms with van der Waals surface area (Å²) < 4.78 is 23.2. The molecule has 0 atom stereocenters. The summed E-state index contributed by atoms with van der Waals surface area (Å²) in [5.41, 5.74) is 8.24. The van der Waals surface area contributed by atoms with Gasteiger partial charge in [0.25, 0.3) is 0 Å². The maximum absolute atomic E-state index is 15.5. The van der Waals surface area contributed by atoms with Gasteiger partial charge in [0.15, 0.2) is 11.6 Å². The number of aliphatic carboxylic acids is 1. The first kappa shape index (κ1) is 32.8. The van der Waals surface area contributed by atoms with Crippen LogP contribution in [-0.4, -0.2) is 42.9 Å². The van der Waals surface area contributed by atoms with Crippen molar-refractivity contribution in [1.82, 2.24) is 14.5 Å². The molecule has 0 radical (unpaired) electrons. The van der Waals surface area contributed by atoms with Gasteiger partial charge in [-0.15, -0.1) is 0 Å². The first-order valence-electron chi connectivity index (χ1n) is 16.1. The minimum absolute atomic E-state index is 0.218. The molecule has 3 aromatic heterocycles. The molecule has 4 heterocycles. The van der Waals surface area contributed by atoms with E-state index in [1.807, 2.05) is 49.7 Å². The Morgan fingerprint density at radius 2 is 1.73 bits per heavy atom. The molecule has 3 aromatic carbocycles. The Morgan fingerprint density at radius 1 is 1.00 bits per heavy atom. The number of carbonyl (C=O) groups is 1. The van der Waals surface area contributed by atoms with Gasteiger partial charge in [-0.1, -0.05) is 36.4 Å². The van der Waals surface area contributed by atoms with Gasteiger partial charge in [0, 0.05) is 41.0 Å². The van der Waals surface area contributed by atoms with Crippen molar-refractivity contribution >= 4 is 27.8 Å². The molecule has 48 heavy (non-hydrogen) atoms. The second-order valence-corrected chi connectivity index (χ2v) is 13.4. The van der Waals surface area contributed by atoms with E-state index in [9.17, 15) is 9.90 Å². The van der Waals surface area contributed by atoms with E-state index in [-0.39, 0.29) is 6.42 Å². The van der Waals surface area contributed by atoms with Crippen LogP contribution in [0.25, 0.3) is 55.4 Å². The summed E-state index contributed by atoms with van der Waals surface area (Å²) in [5.74, 6) is -1.08. The number of nitrogens with zero attached hydrogens (tertiary/aromatic N) is 3. The highest BCUT2D eigenvalue weighted by atomic mass is 19.1. The lowest BCUT2D eigenvalue weighted by atomic mass is 9.87. The van der Waals surface area contributed by atoms with Gasteiger partial charge in [-0.2, -0.15) is 0 Å². The molecule has 2 N–H and O–H groups in total. The highest BCUT2D eigenvalue weighted by Crippen LogP contribution is 2.43. The Morgan fingerprint density at radius 3 is 2.46 bits per heavy atom. The SMILES string of the molecule is CC(C)(C)O.Cc1nc2c(cc(-c3ccnc(-c4ccc5ccccc5c4)c3)n2C)c(-c2cc(F)c3c(c2C)CCCO3)c1CC(=O)O. The fourth-order valence-corrected chi connectivity index (χ4v) is 6.45. The molecule has 1 aliphatic heterocycles. The van der Waals surface area contributed by atoms with Gasteiger partial charge in [0.1, 0.15) is 5.65 Å². The summed E-state index contributed by atoms with van der Waals surface area (Å²) in [5, 5.41) is 21.5. The fourth-order valence-electron chi connectivity index (χ4n) is 6.45. The molecule has 8 heteroatoms. The third-order valence-corrected chi connectivity index (χ3v) is 8.62. The number of benzene rings is 3. The van der Waals surface area contributed by atoms with Crippen molar-refractivity contribution in [1.29, 1.82) is 0 Å².